The smallest absolute Gasteiger partial charge is 0.320 e. The molecule has 1 aliphatic rings. The average molecular weight is 245 g/mol. The highest BCUT2D eigenvalue weighted by Gasteiger charge is 2.23. The zero-order valence-electron chi connectivity index (χ0n) is 9.56. The molecule has 0 saturated heterocycles. The van der Waals surface area contributed by atoms with E-state index in [0.29, 0.717) is 0 Å². The predicted molar refractivity (Wildman–Crippen MR) is 58.5 cm³/mol. The Labute approximate surface area is 98.8 Å². The van der Waals surface area contributed by atoms with Crippen molar-refractivity contribution in [3.05, 3.63) is 18.2 Å². The van der Waals surface area contributed by atoms with Gasteiger partial charge in [-0.25, -0.2) is 4.98 Å². The highest BCUT2D eigenvalue weighted by atomic mass is 19.3. The van der Waals surface area contributed by atoms with E-state index in [1.165, 1.54) is 12.4 Å². The third-order valence-electron chi connectivity index (χ3n) is 3.14. The summed E-state index contributed by atoms with van der Waals surface area (Å²) in [6.45, 7) is -2.48. The number of nitrogens with zero attached hydrogens (tertiary/aromatic N) is 2. The van der Waals surface area contributed by atoms with Crippen LogP contribution in [0.2, 0.25) is 0 Å². The van der Waals surface area contributed by atoms with E-state index in [1.54, 1.807) is 0 Å². The number of ether oxygens (including phenoxy) is 1. The Bertz CT molecular complexity index is 356. The lowest BCUT2D eigenvalue weighted by Crippen LogP contribution is -2.39. The number of hydrogen-bond acceptors (Lipinski definition) is 3. The Hall–Kier alpha value is -1.01. The van der Waals surface area contributed by atoms with Crippen molar-refractivity contribution in [3.8, 4) is 0 Å². The molecule has 17 heavy (non-hydrogen) atoms. The topological polar surface area (TPSA) is 53.1 Å². The minimum absolute atomic E-state index is 0.0127. The van der Waals surface area contributed by atoms with Crippen LogP contribution in [-0.2, 0) is 11.3 Å². The molecule has 4 nitrogen and oxygen atoms in total. The van der Waals surface area contributed by atoms with E-state index in [-0.39, 0.29) is 24.6 Å². The number of aromatic nitrogens is 2. The molecule has 96 valence electrons. The average Bonchev–Trinajstić information content (AvgIpc) is 2.76. The summed E-state index contributed by atoms with van der Waals surface area (Å²) in [5.41, 5.74) is 5.92. The molecule has 0 aliphatic heterocycles. The van der Waals surface area contributed by atoms with E-state index < -0.39 is 6.55 Å². The van der Waals surface area contributed by atoms with E-state index in [1.807, 2.05) is 0 Å². The number of nitrogens with two attached hydrogens (primary N) is 1. The first-order valence-corrected chi connectivity index (χ1v) is 5.85. The molecule has 1 aliphatic carbocycles. The van der Waals surface area contributed by atoms with Crippen LogP contribution < -0.4 is 5.73 Å². The lowest BCUT2D eigenvalue weighted by molar-refractivity contribution is -0.00772. The van der Waals surface area contributed by atoms with Gasteiger partial charge in [0.1, 0.15) is 12.4 Å². The van der Waals surface area contributed by atoms with E-state index in [9.17, 15) is 8.78 Å². The molecule has 1 saturated carbocycles. The molecule has 1 heterocycles. The molecule has 2 unspecified atom stereocenters. The van der Waals surface area contributed by atoms with Gasteiger partial charge in [0.05, 0.1) is 6.10 Å². The van der Waals surface area contributed by atoms with Crippen molar-refractivity contribution in [2.75, 3.05) is 0 Å². The predicted octanol–water partition coefficient (Wildman–Crippen LogP) is 2.06. The second-order valence-corrected chi connectivity index (χ2v) is 4.33. The van der Waals surface area contributed by atoms with Crippen LogP contribution in [0.1, 0.15) is 38.1 Å². The molecule has 0 radical (unpaired) electrons. The largest absolute Gasteiger partial charge is 0.369 e. The van der Waals surface area contributed by atoms with Crippen LogP contribution in [0.3, 0.4) is 0 Å². The molecular weight excluding hydrogens is 228 g/mol. The molecule has 0 aromatic carbocycles. The minimum Gasteiger partial charge on any atom is -0.369 e. The van der Waals surface area contributed by atoms with Gasteiger partial charge in [-0.1, -0.05) is 12.8 Å². The maximum absolute atomic E-state index is 12.5. The summed E-state index contributed by atoms with van der Waals surface area (Å²) in [7, 11) is 0. The van der Waals surface area contributed by atoms with Crippen molar-refractivity contribution in [1.29, 1.82) is 0 Å². The summed E-state index contributed by atoms with van der Waals surface area (Å²) < 4.78 is 31.5. The molecule has 0 bridgehead atoms. The van der Waals surface area contributed by atoms with E-state index >= 15 is 0 Å². The van der Waals surface area contributed by atoms with Crippen molar-refractivity contribution in [1.82, 2.24) is 9.55 Å². The van der Waals surface area contributed by atoms with Gasteiger partial charge in [-0.15, -0.1) is 0 Å². The Morgan fingerprint density at radius 3 is 2.94 bits per heavy atom. The quantitative estimate of drug-likeness (QED) is 0.883. The van der Waals surface area contributed by atoms with Gasteiger partial charge in [-0.05, 0) is 12.8 Å². The van der Waals surface area contributed by atoms with Gasteiger partial charge in [0.2, 0.25) is 0 Å². The van der Waals surface area contributed by atoms with Crippen molar-refractivity contribution in [2.24, 2.45) is 5.73 Å². The first kappa shape index (κ1) is 12.4. The molecule has 2 N–H and O–H groups in total. The number of alkyl halides is 2. The fourth-order valence-corrected chi connectivity index (χ4v) is 2.15. The van der Waals surface area contributed by atoms with Crippen molar-refractivity contribution >= 4 is 0 Å². The summed E-state index contributed by atoms with van der Waals surface area (Å²) in [6.07, 6.45) is 6.61. The summed E-state index contributed by atoms with van der Waals surface area (Å²) >= 11 is 0. The highest BCUT2D eigenvalue weighted by Crippen LogP contribution is 2.21. The fraction of sp³-hybridized carbons (Fsp3) is 0.727. The molecular formula is C11H17F2N3O. The zero-order chi connectivity index (χ0) is 12.3. The second kappa shape index (κ2) is 5.55. The second-order valence-electron chi connectivity index (χ2n) is 4.33. The van der Waals surface area contributed by atoms with Gasteiger partial charge >= 0.3 is 6.55 Å². The van der Waals surface area contributed by atoms with Crippen LogP contribution in [0.5, 0.6) is 0 Å². The standard InChI is InChI=1S/C11H17F2N3O/c12-11(13)16-6-5-15-10(16)7-17-9-4-2-1-3-8(9)14/h5-6,8-9,11H,1-4,7,14H2. The van der Waals surface area contributed by atoms with Crippen LogP contribution in [0.15, 0.2) is 12.4 Å². The number of halogens is 2. The van der Waals surface area contributed by atoms with Crippen LogP contribution in [0.25, 0.3) is 0 Å². The maximum atomic E-state index is 12.5. The number of imidazole rings is 1. The van der Waals surface area contributed by atoms with Gasteiger partial charge in [0, 0.05) is 18.4 Å². The Morgan fingerprint density at radius 2 is 2.24 bits per heavy atom. The Morgan fingerprint density at radius 1 is 1.47 bits per heavy atom. The lowest BCUT2D eigenvalue weighted by atomic mass is 9.93. The van der Waals surface area contributed by atoms with Crippen LogP contribution in [0, 0.1) is 0 Å². The fourth-order valence-electron chi connectivity index (χ4n) is 2.15. The third-order valence-corrected chi connectivity index (χ3v) is 3.14. The third kappa shape index (κ3) is 3.01. The first-order valence-electron chi connectivity index (χ1n) is 5.85. The van der Waals surface area contributed by atoms with Gasteiger partial charge in [0.25, 0.3) is 0 Å². The molecule has 1 fully saturated rings. The monoisotopic (exact) mass is 245 g/mol. The van der Waals surface area contributed by atoms with Gasteiger partial charge < -0.3 is 10.5 Å². The van der Waals surface area contributed by atoms with Gasteiger partial charge in [-0.3, -0.25) is 4.57 Å². The highest BCUT2D eigenvalue weighted by molar-refractivity contribution is 4.91. The minimum atomic E-state index is -2.57. The number of hydrogen-bond donors (Lipinski definition) is 1. The normalized spacial score (nSPS) is 25.4. The van der Waals surface area contributed by atoms with Crippen molar-refractivity contribution < 1.29 is 13.5 Å². The first-order chi connectivity index (χ1) is 8.18. The van der Waals surface area contributed by atoms with E-state index in [2.05, 4.69) is 4.98 Å². The zero-order valence-corrected chi connectivity index (χ0v) is 9.56. The molecule has 2 rings (SSSR count). The molecule has 1 aromatic heterocycles. The lowest BCUT2D eigenvalue weighted by Gasteiger charge is -2.28. The summed E-state index contributed by atoms with van der Waals surface area (Å²) in [5, 5.41) is 0. The van der Waals surface area contributed by atoms with E-state index in [4.69, 9.17) is 10.5 Å². The van der Waals surface area contributed by atoms with E-state index in [0.717, 1.165) is 30.3 Å². The maximum Gasteiger partial charge on any atom is 0.320 e. The SMILES string of the molecule is NC1CCCCC1OCc1nccn1C(F)F. The Balaban J connectivity index is 1.90. The van der Waals surface area contributed by atoms with Gasteiger partial charge in [0.15, 0.2) is 0 Å². The van der Waals surface area contributed by atoms with Crippen molar-refractivity contribution in [2.45, 2.75) is 51.0 Å². The number of rotatable bonds is 4. The van der Waals surface area contributed by atoms with Crippen LogP contribution in [0.4, 0.5) is 8.78 Å². The summed E-state index contributed by atoms with van der Waals surface area (Å²) in [6, 6.07) is 0.0127. The summed E-state index contributed by atoms with van der Waals surface area (Å²) in [5.74, 6) is 0.248. The summed E-state index contributed by atoms with van der Waals surface area (Å²) in [4.78, 5) is 3.86. The molecule has 0 amide bonds. The molecule has 0 spiro atoms. The van der Waals surface area contributed by atoms with Gasteiger partial charge in [-0.2, -0.15) is 8.78 Å². The van der Waals surface area contributed by atoms with Crippen molar-refractivity contribution in [3.63, 3.8) is 0 Å². The van der Waals surface area contributed by atoms with Crippen LogP contribution >= 0.6 is 0 Å². The molecule has 6 heteroatoms. The molecule has 1 aromatic rings. The molecule has 2 atom stereocenters. The van der Waals surface area contributed by atoms with Crippen LogP contribution in [-0.4, -0.2) is 21.7 Å². The Kier molecular flexibility index (Phi) is 4.06.